The van der Waals surface area contributed by atoms with Crippen LogP contribution in [0.2, 0.25) is 0 Å². The maximum Gasteiger partial charge on any atom is 0.110 e. The van der Waals surface area contributed by atoms with E-state index in [-0.39, 0.29) is 13.6 Å². The number of hydrogen-bond donors (Lipinski definition) is 1. The third kappa shape index (κ3) is 8.85. The van der Waals surface area contributed by atoms with Crippen molar-refractivity contribution < 1.29 is 5.11 Å². The SMILES string of the molecule is CCCCCC(C)(CC)C(C)C(C)(C)N(C(C)C)C(I)C(I)(I)C(I)CCCO. The van der Waals surface area contributed by atoms with E-state index >= 15 is 0 Å². The van der Waals surface area contributed by atoms with E-state index in [0.717, 1.165) is 12.8 Å². The summed E-state index contributed by atoms with van der Waals surface area (Å²) in [6, 6.07) is 0.483. The van der Waals surface area contributed by atoms with Crippen LogP contribution < -0.4 is 0 Å². The van der Waals surface area contributed by atoms with Crippen molar-refractivity contribution in [3.63, 3.8) is 0 Å². The molecule has 0 heterocycles. The summed E-state index contributed by atoms with van der Waals surface area (Å²) in [4.78, 5) is 2.79. The first-order chi connectivity index (χ1) is 13.2. The summed E-state index contributed by atoms with van der Waals surface area (Å²) in [5.74, 6) is 0.602. The van der Waals surface area contributed by atoms with Gasteiger partial charge >= 0.3 is 0 Å². The summed E-state index contributed by atoms with van der Waals surface area (Å²) in [7, 11) is 0. The fourth-order valence-corrected chi connectivity index (χ4v) is 9.06. The molecule has 0 spiro atoms. The van der Waals surface area contributed by atoms with Gasteiger partial charge in [0.15, 0.2) is 0 Å². The van der Waals surface area contributed by atoms with Crippen LogP contribution in [0.25, 0.3) is 0 Å². The molecule has 4 unspecified atom stereocenters. The predicted octanol–water partition coefficient (Wildman–Crippen LogP) is 9.01. The third-order valence-electron chi connectivity index (χ3n) is 7.08. The quantitative estimate of drug-likeness (QED) is 0.0770. The molecule has 0 aliphatic rings. The van der Waals surface area contributed by atoms with Gasteiger partial charge in [-0.2, -0.15) is 0 Å². The summed E-state index contributed by atoms with van der Waals surface area (Å²) in [5, 5.41) is 9.30. The zero-order valence-corrected chi connectivity index (χ0v) is 28.5. The molecule has 29 heavy (non-hydrogen) atoms. The van der Waals surface area contributed by atoms with Gasteiger partial charge in [0.05, 0.1) is 4.05 Å². The van der Waals surface area contributed by atoms with Crippen molar-refractivity contribution in [1.29, 1.82) is 0 Å². The molecular weight excluding hydrogens is 814 g/mol. The van der Waals surface area contributed by atoms with Crippen LogP contribution in [-0.4, -0.2) is 37.6 Å². The number of unbranched alkanes of at least 4 members (excludes halogenated alkanes) is 2. The van der Waals surface area contributed by atoms with E-state index in [4.69, 9.17) is 0 Å². The minimum atomic E-state index is 0.103. The molecule has 0 bridgehead atoms. The highest BCUT2D eigenvalue weighted by molar-refractivity contribution is 14.2. The van der Waals surface area contributed by atoms with Crippen molar-refractivity contribution >= 4 is 90.4 Å². The maximum absolute atomic E-state index is 9.30. The van der Waals surface area contributed by atoms with Crippen LogP contribution >= 0.6 is 90.4 Å². The first kappa shape index (κ1) is 31.8. The van der Waals surface area contributed by atoms with E-state index in [9.17, 15) is 5.11 Å². The monoisotopic (exact) mass is 859 g/mol. The second-order valence-electron chi connectivity index (χ2n) is 9.68. The molecule has 4 atom stereocenters. The summed E-state index contributed by atoms with van der Waals surface area (Å²) in [5.41, 5.74) is 0.466. The van der Waals surface area contributed by atoms with Gasteiger partial charge in [-0.05, 0) is 58.3 Å². The summed E-state index contributed by atoms with van der Waals surface area (Å²) >= 11 is 10.7. The van der Waals surface area contributed by atoms with Crippen LogP contribution in [-0.2, 0) is 0 Å². The average Bonchev–Trinajstić information content (AvgIpc) is 2.64. The number of halogens is 4. The van der Waals surface area contributed by atoms with E-state index in [2.05, 4.69) is 151 Å². The van der Waals surface area contributed by atoms with E-state index in [0.29, 0.717) is 25.3 Å². The second-order valence-corrected chi connectivity index (χ2v) is 18.0. The molecule has 0 aromatic rings. The topological polar surface area (TPSA) is 23.5 Å². The van der Waals surface area contributed by atoms with Crippen molar-refractivity contribution in [2.24, 2.45) is 11.3 Å². The van der Waals surface area contributed by atoms with Gasteiger partial charge in [0.25, 0.3) is 0 Å². The van der Waals surface area contributed by atoms with E-state index in [1.807, 2.05) is 0 Å². The molecule has 0 aliphatic carbocycles. The standard InChI is InChI=1S/C23H45I4NO/c1-9-11-12-15-22(8,10-2)18(5)21(6,7)28(17(3)4)20(25)23(26,27)19(24)14-13-16-29/h17-20,29H,9-16H2,1-8H3. The van der Waals surface area contributed by atoms with Gasteiger partial charge in [0.1, 0.15) is 1.43 Å². The molecule has 0 aromatic heterocycles. The van der Waals surface area contributed by atoms with Crippen molar-refractivity contribution in [2.75, 3.05) is 6.61 Å². The minimum Gasteiger partial charge on any atom is -0.396 e. The molecule has 2 nitrogen and oxygen atoms in total. The summed E-state index contributed by atoms with van der Waals surface area (Å²) in [6.45, 7) is 19.7. The lowest BCUT2D eigenvalue weighted by Crippen LogP contribution is -2.62. The number of hydrogen-bond acceptors (Lipinski definition) is 2. The number of nitrogens with zero attached hydrogens (tertiary/aromatic N) is 1. The Balaban J connectivity index is 5.81. The molecule has 0 rings (SSSR count). The predicted molar refractivity (Wildman–Crippen MR) is 165 cm³/mol. The molecule has 0 saturated heterocycles. The number of aliphatic hydroxyl groups excluding tert-OH is 1. The van der Waals surface area contributed by atoms with Crippen LogP contribution in [0.5, 0.6) is 0 Å². The molecule has 176 valence electrons. The summed E-state index contributed by atoms with van der Waals surface area (Å²) in [6.07, 6.45) is 8.50. The zero-order valence-electron chi connectivity index (χ0n) is 19.9. The Morgan fingerprint density at radius 3 is 1.90 bits per heavy atom. The first-order valence-electron chi connectivity index (χ1n) is 11.3. The van der Waals surface area contributed by atoms with Crippen LogP contribution in [0.1, 0.15) is 100 Å². The zero-order chi connectivity index (χ0) is 23.0. The Kier molecular flexibility index (Phi) is 15.7. The van der Waals surface area contributed by atoms with Gasteiger partial charge < -0.3 is 5.11 Å². The molecule has 1 N–H and O–H groups in total. The Labute approximate surface area is 236 Å². The molecule has 0 radical (unpaired) electrons. The number of aliphatic hydroxyl groups is 1. The van der Waals surface area contributed by atoms with Gasteiger partial charge in [-0.1, -0.05) is 144 Å². The number of alkyl halides is 4. The first-order valence-corrected chi connectivity index (χ1v) is 15.9. The number of rotatable bonds is 15. The Hall–Kier alpha value is 2.84. The van der Waals surface area contributed by atoms with E-state index in [1.54, 1.807) is 0 Å². The average molecular weight is 859 g/mol. The Morgan fingerprint density at radius 1 is 0.931 bits per heavy atom. The molecule has 0 fully saturated rings. The molecule has 0 aliphatic heterocycles. The summed E-state index contributed by atoms with van der Waals surface area (Å²) < 4.78 is 1.04. The van der Waals surface area contributed by atoms with Gasteiger partial charge in [-0.3, -0.25) is 4.90 Å². The van der Waals surface area contributed by atoms with E-state index in [1.165, 1.54) is 32.1 Å². The van der Waals surface area contributed by atoms with Crippen LogP contribution in [0.3, 0.4) is 0 Å². The maximum atomic E-state index is 9.30. The Morgan fingerprint density at radius 2 is 1.48 bits per heavy atom. The lowest BCUT2D eigenvalue weighted by Gasteiger charge is -2.55. The molecule has 0 amide bonds. The van der Waals surface area contributed by atoms with Crippen molar-refractivity contribution in [1.82, 2.24) is 4.90 Å². The Bertz CT molecular complexity index is 458. The van der Waals surface area contributed by atoms with Gasteiger partial charge in [-0.15, -0.1) is 0 Å². The molecule has 0 saturated carbocycles. The highest BCUT2D eigenvalue weighted by Crippen LogP contribution is 2.51. The molecule has 0 aromatic carbocycles. The lowest BCUT2D eigenvalue weighted by atomic mass is 9.64. The van der Waals surface area contributed by atoms with Gasteiger partial charge in [0.2, 0.25) is 0 Å². The van der Waals surface area contributed by atoms with Crippen molar-refractivity contribution in [3.8, 4) is 0 Å². The largest absolute Gasteiger partial charge is 0.396 e. The van der Waals surface area contributed by atoms with Crippen LogP contribution in [0.15, 0.2) is 0 Å². The normalized spacial score (nSPS) is 18.7. The van der Waals surface area contributed by atoms with Crippen molar-refractivity contribution in [3.05, 3.63) is 0 Å². The molecular formula is C23H45I4NO. The highest BCUT2D eigenvalue weighted by atomic mass is 127. The smallest absolute Gasteiger partial charge is 0.110 e. The third-order valence-corrected chi connectivity index (χ3v) is 17.7. The fourth-order valence-electron chi connectivity index (χ4n) is 4.57. The lowest BCUT2D eigenvalue weighted by molar-refractivity contribution is -0.0245. The molecule has 6 heteroatoms. The van der Waals surface area contributed by atoms with Crippen LogP contribution in [0.4, 0.5) is 0 Å². The van der Waals surface area contributed by atoms with Crippen LogP contribution in [0, 0.1) is 11.3 Å². The minimum absolute atomic E-state index is 0.103. The highest BCUT2D eigenvalue weighted by Gasteiger charge is 2.50. The van der Waals surface area contributed by atoms with Crippen molar-refractivity contribution in [2.45, 2.75) is 121 Å². The fraction of sp³-hybridized carbons (Fsp3) is 1.00. The second kappa shape index (κ2) is 14.3. The van der Waals surface area contributed by atoms with Gasteiger partial charge in [-0.25, -0.2) is 0 Å². The van der Waals surface area contributed by atoms with E-state index < -0.39 is 0 Å². The van der Waals surface area contributed by atoms with Gasteiger partial charge in [0, 0.05) is 22.1 Å².